The molecule has 4 nitrogen and oxygen atoms in total. The molecule has 1 saturated heterocycles. The summed E-state index contributed by atoms with van der Waals surface area (Å²) < 4.78 is 22.6. The monoisotopic (exact) mass is 238 g/mol. The van der Waals surface area contributed by atoms with Crippen molar-refractivity contribution in [2.45, 2.75) is 23.7 Å². The van der Waals surface area contributed by atoms with E-state index in [1.807, 2.05) is 6.07 Å². The average Bonchev–Trinajstić information content (AvgIpc) is 2.29. The zero-order chi connectivity index (χ0) is 11.3. The van der Waals surface area contributed by atoms with Gasteiger partial charge in [-0.3, -0.25) is 0 Å². The fraction of sp³-hybridized carbons (Fsp3) is 0.455. The first-order valence-corrected chi connectivity index (χ1v) is 7.02. The standard InChI is InChI=1S/C11H14N2O2S/c12-16(14,15)9-1-2-10-8-3-5-13(6-4-8)11(10)7-9/h1-2,7-8H,3-6H2,(H2,12,14,15). The smallest absolute Gasteiger partial charge is 0.238 e. The molecule has 1 fully saturated rings. The molecule has 2 N–H and O–H groups in total. The van der Waals surface area contributed by atoms with Crippen LogP contribution in [-0.4, -0.2) is 21.5 Å². The van der Waals surface area contributed by atoms with Crippen molar-refractivity contribution in [3.8, 4) is 0 Å². The Balaban J connectivity index is 2.16. The van der Waals surface area contributed by atoms with Crippen LogP contribution in [-0.2, 0) is 10.0 Å². The second kappa shape index (κ2) is 3.21. The second-order valence-electron chi connectivity index (χ2n) is 4.53. The lowest BCUT2D eigenvalue weighted by molar-refractivity contribution is 0.474. The van der Waals surface area contributed by atoms with Crippen molar-refractivity contribution in [3.63, 3.8) is 0 Å². The maximum atomic E-state index is 11.3. The van der Waals surface area contributed by atoms with E-state index in [0.717, 1.165) is 18.8 Å². The van der Waals surface area contributed by atoms with Crippen LogP contribution >= 0.6 is 0 Å². The molecule has 3 aliphatic rings. The minimum Gasteiger partial charge on any atom is -0.371 e. The lowest BCUT2D eigenvalue weighted by atomic mass is 9.83. The highest BCUT2D eigenvalue weighted by atomic mass is 32.2. The molecule has 16 heavy (non-hydrogen) atoms. The zero-order valence-corrected chi connectivity index (χ0v) is 9.70. The van der Waals surface area contributed by atoms with E-state index in [0.29, 0.717) is 5.92 Å². The van der Waals surface area contributed by atoms with Gasteiger partial charge < -0.3 is 4.90 Å². The average molecular weight is 238 g/mol. The van der Waals surface area contributed by atoms with Crippen molar-refractivity contribution in [1.82, 2.24) is 0 Å². The highest BCUT2D eigenvalue weighted by Crippen LogP contribution is 2.42. The van der Waals surface area contributed by atoms with Crippen LogP contribution in [0.2, 0.25) is 0 Å². The molecule has 1 aromatic carbocycles. The Morgan fingerprint density at radius 2 is 1.94 bits per heavy atom. The number of fused-ring (bicyclic) bond motifs is 2. The van der Waals surface area contributed by atoms with E-state index in [4.69, 9.17) is 5.14 Å². The van der Waals surface area contributed by atoms with Gasteiger partial charge in [0, 0.05) is 18.8 Å². The Hall–Kier alpha value is -1.07. The molecule has 0 aliphatic carbocycles. The highest BCUT2D eigenvalue weighted by molar-refractivity contribution is 7.89. The van der Waals surface area contributed by atoms with Crippen LogP contribution in [0.1, 0.15) is 24.3 Å². The summed E-state index contributed by atoms with van der Waals surface area (Å²) in [5.41, 5.74) is 2.35. The number of sulfonamides is 1. The third-order valence-electron chi connectivity index (χ3n) is 3.61. The second-order valence-corrected chi connectivity index (χ2v) is 6.09. The van der Waals surface area contributed by atoms with Crippen LogP contribution in [0.15, 0.2) is 23.1 Å². The number of nitrogens with zero attached hydrogens (tertiary/aromatic N) is 1. The van der Waals surface area contributed by atoms with Crippen LogP contribution in [0.4, 0.5) is 5.69 Å². The summed E-state index contributed by atoms with van der Waals surface area (Å²) in [6, 6.07) is 5.26. The van der Waals surface area contributed by atoms with Gasteiger partial charge in [-0.05, 0) is 36.5 Å². The molecule has 0 amide bonds. The van der Waals surface area contributed by atoms with E-state index in [1.165, 1.54) is 18.4 Å². The molecule has 0 spiro atoms. The summed E-state index contributed by atoms with van der Waals surface area (Å²) in [5, 5.41) is 5.14. The molecule has 0 unspecified atom stereocenters. The number of hydrogen-bond acceptors (Lipinski definition) is 3. The third-order valence-corrected chi connectivity index (χ3v) is 4.52. The summed E-state index contributed by atoms with van der Waals surface area (Å²) in [6.07, 6.45) is 2.36. The van der Waals surface area contributed by atoms with Crippen LogP contribution < -0.4 is 10.0 Å². The van der Waals surface area contributed by atoms with Gasteiger partial charge in [0.2, 0.25) is 10.0 Å². The summed E-state index contributed by atoms with van der Waals surface area (Å²) in [7, 11) is -3.58. The number of piperidine rings is 1. The number of nitrogens with two attached hydrogens (primary N) is 1. The van der Waals surface area contributed by atoms with Crippen molar-refractivity contribution in [1.29, 1.82) is 0 Å². The van der Waals surface area contributed by atoms with Gasteiger partial charge in [0.25, 0.3) is 0 Å². The van der Waals surface area contributed by atoms with Gasteiger partial charge in [-0.25, -0.2) is 13.6 Å². The molecule has 86 valence electrons. The Morgan fingerprint density at radius 3 is 2.56 bits per heavy atom. The minimum absolute atomic E-state index is 0.221. The van der Waals surface area contributed by atoms with Gasteiger partial charge in [0.1, 0.15) is 0 Å². The Kier molecular flexibility index (Phi) is 2.03. The van der Waals surface area contributed by atoms with Gasteiger partial charge in [-0.15, -0.1) is 0 Å². The molecule has 0 saturated carbocycles. The summed E-state index contributed by atoms with van der Waals surface area (Å²) in [4.78, 5) is 2.48. The van der Waals surface area contributed by atoms with Gasteiger partial charge >= 0.3 is 0 Å². The van der Waals surface area contributed by atoms with E-state index < -0.39 is 10.0 Å². The predicted molar refractivity (Wildman–Crippen MR) is 62.0 cm³/mol. The molecular weight excluding hydrogens is 224 g/mol. The van der Waals surface area contributed by atoms with Crippen molar-refractivity contribution < 1.29 is 8.42 Å². The number of hydrogen-bond donors (Lipinski definition) is 1. The van der Waals surface area contributed by atoms with E-state index in [2.05, 4.69) is 4.90 Å². The topological polar surface area (TPSA) is 63.4 Å². The maximum Gasteiger partial charge on any atom is 0.238 e. The van der Waals surface area contributed by atoms with Gasteiger partial charge in [-0.2, -0.15) is 0 Å². The normalized spacial score (nSPS) is 19.9. The quantitative estimate of drug-likeness (QED) is 0.795. The lowest BCUT2D eigenvalue weighted by Gasteiger charge is -2.42. The van der Waals surface area contributed by atoms with Gasteiger partial charge in [0.05, 0.1) is 4.90 Å². The fourth-order valence-corrected chi connectivity index (χ4v) is 3.28. The zero-order valence-electron chi connectivity index (χ0n) is 8.89. The van der Waals surface area contributed by atoms with Crippen molar-refractivity contribution in [3.05, 3.63) is 23.8 Å². The fourth-order valence-electron chi connectivity index (χ4n) is 2.75. The molecule has 1 aromatic rings. The van der Waals surface area contributed by atoms with E-state index >= 15 is 0 Å². The Labute approximate surface area is 95.1 Å². The molecule has 5 heteroatoms. The molecular formula is C11H14N2O2S. The first kappa shape index (κ1) is 10.1. The number of primary sulfonamides is 1. The van der Waals surface area contributed by atoms with E-state index in [1.54, 1.807) is 12.1 Å². The molecule has 4 rings (SSSR count). The molecule has 3 aliphatic heterocycles. The summed E-state index contributed by atoms with van der Waals surface area (Å²) in [5.74, 6) is 0.606. The van der Waals surface area contributed by atoms with Crippen LogP contribution in [0.25, 0.3) is 0 Å². The van der Waals surface area contributed by atoms with Crippen molar-refractivity contribution in [2.75, 3.05) is 18.0 Å². The van der Waals surface area contributed by atoms with Crippen LogP contribution in [0, 0.1) is 0 Å². The van der Waals surface area contributed by atoms with Crippen LogP contribution in [0.3, 0.4) is 0 Å². The van der Waals surface area contributed by atoms with Crippen molar-refractivity contribution in [2.24, 2.45) is 5.14 Å². The number of anilines is 1. The minimum atomic E-state index is -3.58. The molecule has 0 radical (unpaired) electrons. The largest absolute Gasteiger partial charge is 0.371 e. The van der Waals surface area contributed by atoms with Crippen LogP contribution in [0.5, 0.6) is 0 Å². The van der Waals surface area contributed by atoms with E-state index in [-0.39, 0.29) is 4.90 Å². The molecule has 0 aromatic heterocycles. The SMILES string of the molecule is NS(=O)(=O)c1ccc2c(c1)N1CCC2CC1. The summed E-state index contributed by atoms with van der Waals surface area (Å²) >= 11 is 0. The third kappa shape index (κ3) is 1.43. The molecule has 0 atom stereocenters. The molecule has 2 bridgehead atoms. The van der Waals surface area contributed by atoms with Gasteiger partial charge in [-0.1, -0.05) is 6.07 Å². The van der Waals surface area contributed by atoms with E-state index in [9.17, 15) is 8.42 Å². The van der Waals surface area contributed by atoms with Crippen molar-refractivity contribution >= 4 is 15.7 Å². The first-order valence-electron chi connectivity index (χ1n) is 5.47. The van der Waals surface area contributed by atoms with Gasteiger partial charge in [0.15, 0.2) is 0 Å². The lowest BCUT2D eigenvalue weighted by Crippen LogP contribution is -2.38. The Bertz CT molecular complexity index is 531. The number of benzene rings is 1. The maximum absolute atomic E-state index is 11.3. The molecule has 3 heterocycles. The Morgan fingerprint density at radius 1 is 1.25 bits per heavy atom. The number of rotatable bonds is 1. The highest BCUT2D eigenvalue weighted by Gasteiger charge is 2.31. The summed E-state index contributed by atoms with van der Waals surface area (Å²) in [6.45, 7) is 2.07. The first-order chi connectivity index (χ1) is 7.55. The predicted octanol–water partition coefficient (Wildman–Crippen LogP) is 1.03.